The third kappa shape index (κ3) is 6.28. The van der Waals surface area contributed by atoms with E-state index in [9.17, 15) is 0 Å². The molecule has 0 radical (unpaired) electrons. The summed E-state index contributed by atoms with van der Waals surface area (Å²) < 4.78 is 13.0. The average molecular weight is 499 g/mol. The van der Waals surface area contributed by atoms with Crippen molar-refractivity contribution in [1.82, 2.24) is 14.9 Å². The molecule has 0 bridgehead atoms. The summed E-state index contributed by atoms with van der Waals surface area (Å²) in [6, 6.07) is 20.9. The molecule has 0 N–H and O–H groups in total. The van der Waals surface area contributed by atoms with Crippen LogP contribution in [0, 0.1) is 0 Å². The van der Waals surface area contributed by atoms with E-state index < -0.39 is 0 Å². The number of thioether (sulfide) groups is 1. The molecule has 0 aliphatic heterocycles. The van der Waals surface area contributed by atoms with Gasteiger partial charge in [-0.15, -0.1) is 10.2 Å². The largest absolute Gasteiger partial charge is 0.493 e. The van der Waals surface area contributed by atoms with E-state index in [1.807, 2.05) is 66.7 Å². The fraction of sp³-hybridized carbons (Fsp3) is 0.125. The molecule has 4 aromatic rings. The zero-order valence-corrected chi connectivity index (χ0v) is 20.0. The molecule has 1 aromatic heterocycles. The van der Waals surface area contributed by atoms with Crippen LogP contribution in [-0.2, 0) is 12.4 Å². The van der Waals surface area contributed by atoms with Crippen molar-refractivity contribution in [3.63, 3.8) is 0 Å². The standard InChI is InChI=1S/C24H20Cl2N4O2S/c1-31-23-12-17(9-10-22(23)32-14-18-5-4-7-20(25)11-18)13-28-30-16-27-29-24(30)33-15-19-6-2-3-8-21(19)26/h2-13,16H,14-15H2,1H3/b28-13+. The number of aromatic nitrogens is 3. The Morgan fingerprint density at radius 2 is 1.91 bits per heavy atom. The molecular weight excluding hydrogens is 479 g/mol. The van der Waals surface area contributed by atoms with Crippen LogP contribution in [0.4, 0.5) is 0 Å². The number of halogens is 2. The first-order valence-corrected chi connectivity index (χ1v) is 11.7. The fourth-order valence-electron chi connectivity index (χ4n) is 2.95. The van der Waals surface area contributed by atoms with Gasteiger partial charge in [0, 0.05) is 15.8 Å². The van der Waals surface area contributed by atoms with E-state index in [0.717, 1.165) is 21.7 Å². The Morgan fingerprint density at radius 3 is 2.73 bits per heavy atom. The molecule has 0 saturated carbocycles. The van der Waals surface area contributed by atoms with Crippen molar-refractivity contribution in [3.05, 3.63) is 99.8 Å². The van der Waals surface area contributed by atoms with Crippen molar-refractivity contribution in [1.29, 1.82) is 0 Å². The highest BCUT2D eigenvalue weighted by Gasteiger charge is 2.08. The molecule has 0 unspecified atom stereocenters. The molecule has 0 atom stereocenters. The van der Waals surface area contributed by atoms with Gasteiger partial charge in [-0.2, -0.15) is 9.78 Å². The van der Waals surface area contributed by atoms with Crippen LogP contribution < -0.4 is 9.47 Å². The molecule has 3 aromatic carbocycles. The van der Waals surface area contributed by atoms with E-state index in [4.69, 9.17) is 32.7 Å². The lowest BCUT2D eigenvalue weighted by Gasteiger charge is -2.11. The van der Waals surface area contributed by atoms with Gasteiger partial charge in [0.1, 0.15) is 12.9 Å². The van der Waals surface area contributed by atoms with Gasteiger partial charge in [0.2, 0.25) is 5.16 Å². The Kier molecular flexibility index (Phi) is 7.88. The number of hydrogen-bond acceptors (Lipinski definition) is 6. The maximum absolute atomic E-state index is 6.24. The summed E-state index contributed by atoms with van der Waals surface area (Å²) in [6.45, 7) is 0.386. The SMILES string of the molecule is COc1cc(/C=N/n2cnnc2SCc2ccccc2Cl)ccc1OCc1cccc(Cl)c1. The molecule has 0 aliphatic rings. The second kappa shape index (κ2) is 11.2. The first-order valence-electron chi connectivity index (χ1n) is 9.98. The number of hydrogen-bond donors (Lipinski definition) is 0. The summed E-state index contributed by atoms with van der Waals surface area (Å²) >= 11 is 13.8. The minimum atomic E-state index is 0.386. The number of rotatable bonds is 9. The van der Waals surface area contributed by atoms with Gasteiger partial charge in [-0.25, -0.2) is 0 Å². The lowest BCUT2D eigenvalue weighted by molar-refractivity contribution is 0.284. The molecular formula is C24H20Cl2N4O2S. The predicted molar refractivity (Wildman–Crippen MR) is 133 cm³/mol. The van der Waals surface area contributed by atoms with Gasteiger partial charge in [-0.05, 0) is 53.1 Å². The highest BCUT2D eigenvalue weighted by atomic mass is 35.5. The average Bonchev–Trinajstić information content (AvgIpc) is 3.28. The number of benzene rings is 3. The van der Waals surface area contributed by atoms with Crippen LogP contribution in [0.1, 0.15) is 16.7 Å². The van der Waals surface area contributed by atoms with Crippen LogP contribution in [-0.4, -0.2) is 28.2 Å². The van der Waals surface area contributed by atoms with Crippen molar-refractivity contribution in [2.75, 3.05) is 7.11 Å². The Bertz CT molecular complexity index is 1260. The summed E-state index contributed by atoms with van der Waals surface area (Å²) in [5.41, 5.74) is 2.85. The highest BCUT2D eigenvalue weighted by Crippen LogP contribution is 2.29. The van der Waals surface area contributed by atoms with Crippen molar-refractivity contribution in [2.45, 2.75) is 17.5 Å². The molecule has 0 amide bonds. The van der Waals surface area contributed by atoms with E-state index in [1.54, 1.807) is 24.3 Å². The quantitative estimate of drug-likeness (QED) is 0.199. The fourth-order valence-corrected chi connectivity index (χ4v) is 4.31. The first-order chi connectivity index (χ1) is 16.1. The summed E-state index contributed by atoms with van der Waals surface area (Å²) in [4.78, 5) is 0. The van der Waals surface area contributed by atoms with Crippen molar-refractivity contribution in [3.8, 4) is 11.5 Å². The number of methoxy groups -OCH3 is 1. The predicted octanol–water partition coefficient (Wildman–Crippen LogP) is 6.35. The molecule has 0 spiro atoms. The maximum atomic E-state index is 6.24. The monoisotopic (exact) mass is 498 g/mol. The lowest BCUT2D eigenvalue weighted by Crippen LogP contribution is -1.99. The summed E-state index contributed by atoms with van der Waals surface area (Å²) in [5.74, 6) is 1.91. The van der Waals surface area contributed by atoms with Crippen molar-refractivity contribution >= 4 is 41.2 Å². The van der Waals surface area contributed by atoms with Crippen molar-refractivity contribution in [2.24, 2.45) is 5.10 Å². The van der Waals surface area contributed by atoms with E-state index in [1.165, 1.54) is 11.8 Å². The molecule has 6 nitrogen and oxygen atoms in total. The smallest absolute Gasteiger partial charge is 0.212 e. The van der Waals surface area contributed by atoms with Crippen LogP contribution in [0.3, 0.4) is 0 Å². The third-order valence-corrected chi connectivity index (χ3v) is 6.20. The van der Waals surface area contributed by atoms with Gasteiger partial charge in [-0.1, -0.05) is 65.3 Å². The van der Waals surface area contributed by atoms with Gasteiger partial charge in [0.25, 0.3) is 0 Å². The number of nitrogens with zero attached hydrogens (tertiary/aromatic N) is 4. The van der Waals surface area contributed by atoms with Gasteiger partial charge < -0.3 is 9.47 Å². The Morgan fingerprint density at radius 1 is 1.03 bits per heavy atom. The van der Waals surface area contributed by atoms with Crippen LogP contribution in [0.2, 0.25) is 10.0 Å². The minimum Gasteiger partial charge on any atom is -0.493 e. The third-order valence-electron chi connectivity index (χ3n) is 4.62. The molecule has 168 valence electrons. The van der Waals surface area contributed by atoms with Gasteiger partial charge >= 0.3 is 0 Å². The lowest BCUT2D eigenvalue weighted by atomic mass is 10.2. The zero-order chi connectivity index (χ0) is 23.0. The highest BCUT2D eigenvalue weighted by molar-refractivity contribution is 7.98. The molecule has 1 heterocycles. The molecule has 0 aliphatic carbocycles. The second-order valence-electron chi connectivity index (χ2n) is 6.91. The summed E-state index contributed by atoms with van der Waals surface area (Å²) in [5, 5.41) is 14.7. The normalized spacial score (nSPS) is 11.1. The Labute approximate surface area is 206 Å². The van der Waals surface area contributed by atoms with Crippen LogP contribution in [0.15, 0.2) is 83.3 Å². The summed E-state index contributed by atoms with van der Waals surface area (Å²) in [7, 11) is 1.60. The molecule has 0 saturated heterocycles. The van der Waals surface area contributed by atoms with Crippen LogP contribution >= 0.6 is 35.0 Å². The van der Waals surface area contributed by atoms with Gasteiger partial charge in [0.05, 0.1) is 13.3 Å². The topological polar surface area (TPSA) is 61.5 Å². The van der Waals surface area contributed by atoms with Crippen molar-refractivity contribution < 1.29 is 9.47 Å². The molecule has 4 rings (SSSR count). The zero-order valence-electron chi connectivity index (χ0n) is 17.7. The van der Waals surface area contributed by atoms with E-state index >= 15 is 0 Å². The minimum absolute atomic E-state index is 0.386. The second-order valence-corrected chi connectivity index (χ2v) is 8.70. The van der Waals surface area contributed by atoms with E-state index in [2.05, 4.69) is 15.3 Å². The molecule has 9 heteroatoms. The van der Waals surface area contributed by atoms with Gasteiger partial charge in [-0.3, -0.25) is 0 Å². The van der Waals surface area contributed by atoms with Gasteiger partial charge in [0.15, 0.2) is 11.5 Å². The number of ether oxygens (including phenoxy) is 2. The molecule has 0 fully saturated rings. The maximum Gasteiger partial charge on any atom is 0.212 e. The molecule has 33 heavy (non-hydrogen) atoms. The summed E-state index contributed by atoms with van der Waals surface area (Å²) in [6.07, 6.45) is 3.28. The Balaban J connectivity index is 1.42. The van der Waals surface area contributed by atoms with Crippen LogP contribution in [0.5, 0.6) is 11.5 Å². The Hall–Kier alpha value is -3.00. The van der Waals surface area contributed by atoms with Crippen LogP contribution in [0.25, 0.3) is 0 Å². The van der Waals surface area contributed by atoms with E-state index in [-0.39, 0.29) is 0 Å². The van der Waals surface area contributed by atoms with E-state index in [0.29, 0.717) is 34.0 Å². The first kappa shape index (κ1) is 23.2.